The molecule has 8 heteroatoms. The number of hydrogen-bond acceptors (Lipinski definition) is 5. The van der Waals surface area contributed by atoms with E-state index in [-0.39, 0.29) is 5.91 Å². The minimum atomic E-state index is -0.769. The molecule has 1 aromatic rings. The second kappa shape index (κ2) is 10.4. The van der Waals surface area contributed by atoms with E-state index in [0.29, 0.717) is 25.8 Å². The molecular weight excluding hydrogens is 322 g/mol. The zero-order chi connectivity index (χ0) is 18.8. The predicted molar refractivity (Wildman–Crippen MR) is 95.1 cm³/mol. The van der Waals surface area contributed by atoms with Gasteiger partial charge >= 0.3 is 0 Å². The summed E-state index contributed by atoms with van der Waals surface area (Å²) in [6.45, 7) is 1.86. The van der Waals surface area contributed by atoms with E-state index < -0.39 is 29.9 Å². The molecule has 1 aromatic carbocycles. The van der Waals surface area contributed by atoms with Crippen molar-refractivity contribution in [2.75, 3.05) is 6.54 Å². The van der Waals surface area contributed by atoms with Crippen LogP contribution < -0.4 is 27.8 Å². The number of primary amides is 1. The fourth-order valence-electron chi connectivity index (χ4n) is 2.15. The molecule has 0 aliphatic rings. The average Bonchev–Trinajstić information content (AvgIpc) is 2.58. The van der Waals surface area contributed by atoms with Crippen molar-refractivity contribution in [1.82, 2.24) is 10.6 Å². The Morgan fingerprint density at radius 2 is 1.68 bits per heavy atom. The van der Waals surface area contributed by atoms with Crippen molar-refractivity contribution in [3.05, 3.63) is 35.9 Å². The number of nitrogens with two attached hydrogens (primary N) is 3. The van der Waals surface area contributed by atoms with E-state index in [1.165, 1.54) is 6.92 Å². The Balaban J connectivity index is 2.24. The van der Waals surface area contributed by atoms with Crippen LogP contribution in [0.2, 0.25) is 0 Å². The van der Waals surface area contributed by atoms with Crippen LogP contribution >= 0.6 is 0 Å². The van der Waals surface area contributed by atoms with Crippen LogP contribution in [0, 0.1) is 0 Å². The summed E-state index contributed by atoms with van der Waals surface area (Å²) in [6, 6.07) is 7.35. The van der Waals surface area contributed by atoms with Gasteiger partial charge in [-0.3, -0.25) is 14.4 Å². The van der Waals surface area contributed by atoms with Gasteiger partial charge in [-0.25, -0.2) is 0 Å². The molecule has 0 saturated heterocycles. The molecule has 0 bridgehead atoms. The summed E-state index contributed by atoms with van der Waals surface area (Å²) >= 11 is 0. The third-order valence-corrected chi connectivity index (χ3v) is 3.75. The molecule has 8 N–H and O–H groups in total. The lowest BCUT2D eigenvalue weighted by Crippen LogP contribution is -2.49. The number of amides is 3. The van der Waals surface area contributed by atoms with Gasteiger partial charge in [0, 0.05) is 6.54 Å². The molecule has 0 saturated carbocycles. The molecular formula is C17H27N5O3. The van der Waals surface area contributed by atoms with Crippen LogP contribution in [0.15, 0.2) is 30.3 Å². The second-order valence-corrected chi connectivity index (χ2v) is 5.97. The maximum atomic E-state index is 11.9. The first-order chi connectivity index (χ1) is 11.8. The Morgan fingerprint density at radius 1 is 1.04 bits per heavy atom. The Labute approximate surface area is 147 Å². The summed E-state index contributed by atoms with van der Waals surface area (Å²) in [5.41, 5.74) is 17.7. The zero-order valence-electron chi connectivity index (χ0n) is 14.4. The van der Waals surface area contributed by atoms with E-state index in [0.717, 1.165) is 5.56 Å². The van der Waals surface area contributed by atoms with E-state index in [9.17, 15) is 14.4 Å². The summed E-state index contributed by atoms with van der Waals surface area (Å²) in [4.78, 5) is 34.6. The minimum Gasteiger partial charge on any atom is -0.368 e. The molecule has 3 amide bonds. The molecule has 138 valence electrons. The van der Waals surface area contributed by atoms with Gasteiger partial charge < -0.3 is 27.8 Å². The van der Waals surface area contributed by atoms with Crippen LogP contribution in [0.1, 0.15) is 25.3 Å². The third kappa shape index (κ3) is 7.77. The summed E-state index contributed by atoms with van der Waals surface area (Å²) in [5.74, 6) is -1.32. The first-order valence-electron chi connectivity index (χ1n) is 8.23. The van der Waals surface area contributed by atoms with Gasteiger partial charge in [-0.05, 0) is 31.7 Å². The fourth-order valence-corrected chi connectivity index (χ4v) is 2.15. The Morgan fingerprint density at radius 3 is 2.28 bits per heavy atom. The van der Waals surface area contributed by atoms with E-state index in [4.69, 9.17) is 17.2 Å². The summed E-state index contributed by atoms with van der Waals surface area (Å²) in [5, 5.41) is 5.16. The molecule has 0 heterocycles. The lowest BCUT2D eigenvalue weighted by atomic mass is 10.1. The van der Waals surface area contributed by atoms with Crippen LogP contribution in [-0.4, -0.2) is 42.4 Å². The smallest absolute Gasteiger partial charge is 0.239 e. The van der Waals surface area contributed by atoms with Crippen molar-refractivity contribution in [2.45, 2.75) is 44.3 Å². The normalized spacial score (nSPS) is 14.2. The highest BCUT2D eigenvalue weighted by atomic mass is 16.2. The molecule has 8 nitrogen and oxygen atoms in total. The first-order valence-corrected chi connectivity index (χ1v) is 8.23. The van der Waals surface area contributed by atoms with Crippen LogP contribution in [-0.2, 0) is 20.8 Å². The monoisotopic (exact) mass is 349 g/mol. The lowest BCUT2D eigenvalue weighted by Gasteiger charge is -2.16. The number of rotatable bonds is 10. The Hall–Kier alpha value is -2.45. The van der Waals surface area contributed by atoms with Crippen molar-refractivity contribution in [3.8, 4) is 0 Å². The zero-order valence-corrected chi connectivity index (χ0v) is 14.4. The SMILES string of the molecule is C[C@H](NC(=O)[C@@H](N)CCCNC(=O)[C@@H](N)Cc1ccccc1)C(N)=O. The van der Waals surface area contributed by atoms with Gasteiger partial charge in [0.25, 0.3) is 0 Å². The predicted octanol–water partition coefficient (Wildman–Crippen LogP) is -1.23. The van der Waals surface area contributed by atoms with E-state index in [2.05, 4.69) is 10.6 Å². The number of hydrogen-bond donors (Lipinski definition) is 5. The highest BCUT2D eigenvalue weighted by molar-refractivity contribution is 5.88. The molecule has 0 spiro atoms. The van der Waals surface area contributed by atoms with Gasteiger partial charge in [0.15, 0.2) is 0 Å². The molecule has 0 unspecified atom stereocenters. The van der Waals surface area contributed by atoms with E-state index in [1.807, 2.05) is 30.3 Å². The van der Waals surface area contributed by atoms with E-state index in [1.54, 1.807) is 0 Å². The highest BCUT2D eigenvalue weighted by Crippen LogP contribution is 2.02. The van der Waals surface area contributed by atoms with Crippen LogP contribution in [0.3, 0.4) is 0 Å². The summed E-state index contributed by atoms with van der Waals surface area (Å²) < 4.78 is 0. The van der Waals surface area contributed by atoms with E-state index >= 15 is 0 Å². The van der Waals surface area contributed by atoms with Gasteiger partial charge in [-0.2, -0.15) is 0 Å². The standard InChI is InChI=1S/C17H27N5O3/c1-11(15(20)23)22-17(25)13(18)8-5-9-21-16(24)14(19)10-12-6-3-2-4-7-12/h2-4,6-7,11,13-14H,5,8-10,18-19H2,1H3,(H2,20,23)(H,21,24)(H,22,25)/t11-,13-,14-/m0/s1. The maximum absolute atomic E-state index is 11.9. The molecule has 0 aliphatic carbocycles. The summed E-state index contributed by atoms with van der Waals surface area (Å²) in [6.07, 6.45) is 1.34. The molecule has 0 aromatic heterocycles. The van der Waals surface area contributed by atoms with Crippen LogP contribution in [0.4, 0.5) is 0 Å². The van der Waals surface area contributed by atoms with Crippen LogP contribution in [0.5, 0.6) is 0 Å². The van der Waals surface area contributed by atoms with Crippen molar-refractivity contribution in [3.63, 3.8) is 0 Å². The lowest BCUT2D eigenvalue weighted by molar-refractivity contribution is -0.127. The van der Waals surface area contributed by atoms with Crippen molar-refractivity contribution >= 4 is 17.7 Å². The highest BCUT2D eigenvalue weighted by Gasteiger charge is 2.18. The molecule has 1 rings (SSSR count). The molecule has 0 radical (unpaired) electrons. The number of carbonyl (C=O) groups excluding carboxylic acids is 3. The van der Waals surface area contributed by atoms with Crippen molar-refractivity contribution in [2.24, 2.45) is 17.2 Å². The molecule has 0 fully saturated rings. The quantitative estimate of drug-likeness (QED) is 0.335. The van der Waals surface area contributed by atoms with Gasteiger partial charge in [0.2, 0.25) is 17.7 Å². The van der Waals surface area contributed by atoms with Gasteiger partial charge in [-0.1, -0.05) is 30.3 Å². The van der Waals surface area contributed by atoms with Gasteiger partial charge in [0.1, 0.15) is 6.04 Å². The number of nitrogens with one attached hydrogen (secondary N) is 2. The Kier molecular flexibility index (Phi) is 8.59. The largest absolute Gasteiger partial charge is 0.368 e. The second-order valence-electron chi connectivity index (χ2n) is 5.97. The fraction of sp³-hybridized carbons (Fsp3) is 0.471. The number of carbonyl (C=O) groups is 3. The molecule has 3 atom stereocenters. The molecule has 25 heavy (non-hydrogen) atoms. The van der Waals surface area contributed by atoms with Gasteiger partial charge in [0.05, 0.1) is 12.1 Å². The average molecular weight is 349 g/mol. The minimum absolute atomic E-state index is 0.246. The van der Waals surface area contributed by atoms with Crippen LogP contribution in [0.25, 0.3) is 0 Å². The topological polar surface area (TPSA) is 153 Å². The first kappa shape index (κ1) is 20.6. The molecule has 0 aliphatic heterocycles. The summed E-state index contributed by atoms with van der Waals surface area (Å²) in [7, 11) is 0. The maximum Gasteiger partial charge on any atom is 0.239 e. The Bertz CT molecular complexity index is 579. The van der Waals surface area contributed by atoms with Crippen molar-refractivity contribution < 1.29 is 14.4 Å². The van der Waals surface area contributed by atoms with Gasteiger partial charge in [-0.15, -0.1) is 0 Å². The third-order valence-electron chi connectivity index (χ3n) is 3.75. The van der Waals surface area contributed by atoms with Crippen molar-refractivity contribution in [1.29, 1.82) is 0 Å². The number of benzene rings is 1.